The molecule has 172 valence electrons. The zero-order valence-electron chi connectivity index (χ0n) is 17.6. The van der Waals surface area contributed by atoms with E-state index in [0.717, 1.165) is 0 Å². The van der Waals surface area contributed by atoms with Crippen LogP contribution >= 0.6 is 11.6 Å². The Bertz CT molecular complexity index is 1350. The Kier molecular flexibility index (Phi) is 5.73. The number of amides is 1. The second-order valence-corrected chi connectivity index (χ2v) is 9.88. The Hall–Kier alpha value is -3.08. The molecule has 2 aliphatic rings. The maximum atomic E-state index is 13.1. The Labute approximate surface area is 195 Å². The van der Waals surface area contributed by atoms with Gasteiger partial charge >= 0.3 is 0 Å². The van der Waals surface area contributed by atoms with Crippen LogP contribution in [0.2, 0.25) is 5.15 Å². The lowest BCUT2D eigenvalue weighted by Gasteiger charge is -2.33. The molecule has 0 N–H and O–H groups in total. The summed E-state index contributed by atoms with van der Waals surface area (Å²) in [6.07, 6.45) is 4.89. The first-order chi connectivity index (χ1) is 15.9. The van der Waals surface area contributed by atoms with Gasteiger partial charge in [0.1, 0.15) is 18.9 Å². The molecule has 1 fully saturated rings. The van der Waals surface area contributed by atoms with Gasteiger partial charge in [0.2, 0.25) is 15.9 Å². The average molecular weight is 489 g/mol. The van der Waals surface area contributed by atoms with Crippen molar-refractivity contribution in [3.63, 3.8) is 0 Å². The summed E-state index contributed by atoms with van der Waals surface area (Å²) in [5, 5.41) is 0.306. The van der Waals surface area contributed by atoms with E-state index in [1.54, 1.807) is 21.4 Å². The molecule has 0 saturated carbocycles. The molecule has 11 heteroatoms. The Morgan fingerprint density at radius 1 is 1.03 bits per heavy atom. The van der Waals surface area contributed by atoms with Crippen molar-refractivity contribution >= 4 is 39.3 Å². The van der Waals surface area contributed by atoms with E-state index in [9.17, 15) is 13.2 Å². The molecule has 3 aromatic rings. The third-order valence-electron chi connectivity index (χ3n) is 5.61. The van der Waals surface area contributed by atoms with Crippen LogP contribution in [0.5, 0.6) is 11.5 Å². The fourth-order valence-corrected chi connectivity index (χ4v) is 5.55. The second-order valence-electron chi connectivity index (χ2n) is 7.58. The molecule has 1 amide bonds. The molecule has 1 saturated heterocycles. The number of imidazole rings is 1. The van der Waals surface area contributed by atoms with Gasteiger partial charge in [-0.2, -0.15) is 4.31 Å². The van der Waals surface area contributed by atoms with E-state index in [2.05, 4.69) is 4.98 Å². The Morgan fingerprint density at radius 2 is 1.79 bits per heavy atom. The molecule has 0 spiro atoms. The van der Waals surface area contributed by atoms with E-state index in [0.29, 0.717) is 41.2 Å². The third kappa shape index (κ3) is 4.17. The van der Waals surface area contributed by atoms with Crippen molar-refractivity contribution in [3.05, 3.63) is 59.5 Å². The number of fused-ring (bicyclic) bond motifs is 2. The molecular formula is C22H21ClN4O5S. The maximum absolute atomic E-state index is 13.1. The van der Waals surface area contributed by atoms with Crippen molar-refractivity contribution < 1.29 is 22.7 Å². The average Bonchev–Trinajstić information content (AvgIpc) is 3.17. The predicted octanol–water partition coefficient (Wildman–Crippen LogP) is 2.31. The molecule has 5 rings (SSSR count). The quantitative estimate of drug-likeness (QED) is 0.523. The number of sulfonamides is 1. The van der Waals surface area contributed by atoms with E-state index in [-0.39, 0.29) is 37.0 Å². The lowest BCUT2D eigenvalue weighted by atomic mass is 10.3. The summed E-state index contributed by atoms with van der Waals surface area (Å²) in [7, 11) is -3.71. The standard InChI is InChI=1S/C22H21ClN4O5S/c23-22-17(27-8-2-1-3-20(27)24-22)5-7-21(28)25-9-11-26(12-10-25)33(29,30)16-4-6-18-19(15-16)32-14-13-31-18/h1-8,15H,9-14H2. The number of hydrogen-bond acceptors (Lipinski definition) is 6. The zero-order chi connectivity index (χ0) is 23.0. The summed E-state index contributed by atoms with van der Waals surface area (Å²) in [4.78, 5) is 18.7. The van der Waals surface area contributed by atoms with E-state index in [4.69, 9.17) is 21.1 Å². The van der Waals surface area contributed by atoms with Crippen LogP contribution in [0.4, 0.5) is 0 Å². The van der Waals surface area contributed by atoms with Gasteiger partial charge in [0, 0.05) is 44.5 Å². The number of carbonyl (C=O) groups is 1. The topological polar surface area (TPSA) is 93.5 Å². The minimum absolute atomic E-state index is 0.147. The van der Waals surface area contributed by atoms with Gasteiger partial charge in [-0.3, -0.25) is 9.20 Å². The number of carbonyl (C=O) groups excluding carboxylic acids is 1. The zero-order valence-corrected chi connectivity index (χ0v) is 19.1. The first kappa shape index (κ1) is 21.7. The minimum Gasteiger partial charge on any atom is -0.486 e. The lowest BCUT2D eigenvalue weighted by molar-refractivity contribution is -0.127. The van der Waals surface area contributed by atoms with E-state index < -0.39 is 10.0 Å². The minimum atomic E-state index is -3.71. The molecule has 1 aromatic carbocycles. The van der Waals surface area contributed by atoms with Gasteiger partial charge in [-0.25, -0.2) is 13.4 Å². The molecule has 33 heavy (non-hydrogen) atoms. The van der Waals surface area contributed by atoms with Crippen molar-refractivity contribution in [2.24, 2.45) is 0 Å². The molecule has 0 radical (unpaired) electrons. The van der Waals surface area contributed by atoms with Crippen molar-refractivity contribution in [3.8, 4) is 11.5 Å². The number of nitrogens with zero attached hydrogens (tertiary/aromatic N) is 4. The fourth-order valence-electron chi connectivity index (χ4n) is 3.87. The number of ether oxygens (including phenoxy) is 2. The van der Waals surface area contributed by atoms with Gasteiger partial charge < -0.3 is 14.4 Å². The van der Waals surface area contributed by atoms with Crippen LogP contribution in [-0.4, -0.2) is 72.3 Å². The smallest absolute Gasteiger partial charge is 0.246 e. The van der Waals surface area contributed by atoms with Crippen molar-refractivity contribution in [1.29, 1.82) is 0 Å². The van der Waals surface area contributed by atoms with Crippen molar-refractivity contribution in [2.75, 3.05) is 39.4 Å². The Balaban J connectivity index is 1.25. The van der Waals surface area contributed by atoms with E-state index in [1.807, 2.05) is 24.4 Å². The summed E-state index contributed by atoms with van der Waals surface area (Å²) < 4.78 is 40.3. The largest absolute Gasteiger partial charge is 0.486 e. The number of aromatic nitrogens is 2. The van der Waals surface area contributed by atoms with Crippen LogP contribution in [0.25, 0.3) is 11.7 Å². The normalized spacial score (nSPS) is 17.1. The van der Waals surface area contributed by atoms with Crippen LogP contribution in [0, 0.1) is 0 Å². The molecule has 0 bridgehead atoms. The fraction of sp³-hybridized carbons (Fsp3) is 0.273. The number of benzene rings is 1. The van der Waals surface area contributed by atoms with Crippen LogP contribution in [0.3, 0.4) is 0 Å². The van der Waals surface area contributed by atoms with E-state index in [1.165, 1.54) is 22.5 Å². The number of hydrogen-bond donors (Lipinski definition) is 0. The third-order valence-corrected chi connectivity index (χ3v) is 7.78. The van der Waals surface area contributed by atoms with Crippen molar-refractivity contribution in [2.45, 2.75) is 4.90 Å². The summed E-state index contributed by atoms with van der Waals surface area (Å²) in [5.41, 5.74) is 1.30. The SMILES string of the molecule is O=C(C=Cc1c(Cl)nc2ccccn12)N1CCN(S(=O)(=O)c2ccc3c(c2)OCCO3)CC1. The summed E-state index contributed by atoms with van der Waals surface area (Å²) in [5.74, 6) is 0.745. The van der Waals surface area contributed by atoms with Gasteiger partial charge in [0.25, 0.3) is 0 Å². The number of halogens is 1. The van der Waals surface area contributed by atoms with Gasteiger partial charge in [-0.1, -0.05) is 17.7 Å². The van der Waals surface area contributed by atoms with Gasteiger partial charge in [-0.15, -0.1) is 0 Å². The van der Waals surface area contributed by atoms with E-state index >= 15 is 0 Å². The highest BCUT2D eigenvalue weighted by Crippen LogP contribution is 2.33. The van der Waals surface area contributed by atoms with Gasteiger partial charge in [0.15, 0.2) is 16.7 Å². The van der Waals surface area contributed by atoms with Gasteiger partial charge in [-0.05, 0) is 30.3 Å². The van der Waals surface area contributed by atoms with Crippen LogP contribution < -0.4 is 9.47 Å². The molecule has 0 unspecified atom stereocenters. The molecular weight excluding hydrogens is 468 g/mol. The van der Waals surface area contributed by atoms with Crippen LogP contribution in [0.15, 0.2) is 53.6 Å². The maximum Gasteiger partial charge on any atom is 0.246 e. The number of pyridine rings is 1. The highest BCUT2D eigenvalue weighted by molar-refractivity contribution is 7.89. The van der Waals surface area contributed by atoms with Gasteiger partial charge in [0.05, 0.1) is 10.6 Å². The van der Waals surface area contributed by atoms with Crippen LogP contribution in [0.1, 0.15) is 5.69 Å². The molecule has 2 aromatic heterocycles. The molecule has 4 heterocycles. The monoisotopic (exact) mass is 488 g/mol. The summed E-state index contributed by atoms with van der Waals surface area (Å²) in [6.45, 7) is 1.79. The molecule has 2 aliphatic heterocycles. The summed E-state index contributed by atoms with van der Waals surface area (Å²) in [6, 6.07) is 10.2. The van der Waals surface area contributed by atoms with Crippen molar-refractivity contribution in [1.82, 2.24) is 18.6 Å². The summed E-state index contributed by atoms with van der Waals surface area (Å²) >= 11 is 6.21. The lowest BCUT2D eigenvalue weighted by Crippen LogP contribution is -2.50. The second kappa shape index (κ2) is 8.69. The molecule has 9 nitrogen and oxygen atoms in total. The first-order valence-corrected chi connectivity index (χ1v) is 12.2. The molecule has 0 atom stereocenters. The first-order valence-electron chi connectivity index (χ1n) is 10.4. The highest BCUT2D eigenvalue weighted by atomic mass is 35.5. The Morgan fingerprint density at radius 3 is 2.58 bits per heavy atom. The highest BCUT2D eigenvalue weighted by Gasteiger charge is 2.30. The number of piperazine rings is 1. The molecule has 0 aliphatic carbocycles. The number of rotatable bonds is 4. The predicted molar refractivity (Wildman–Crippen MR) is 122 cm³/mol. The van der Waals surface area contributed by atoms with Crippen LogP contribution in [-0.2, 0) is 14.8 Å².